The molecular formula is C58H36N2S. The van der Waals surface area contributed by atoms with Crippen LogP contribution in [-0.4, -0.2) is 9.97 Å². The van der Waals surface area contributed by atoms with Gasteiger partial charge in [0.1, 0.15) is 0 Å². The molecule has 0 aliphatic rings. The standard InChI is InChI=1S/C58H36N2S/c1-3-16-37(17-4-1)43-22-7-9-24-45(43)40-30-31-55-52(33-40)53-35-42(46-25-10-8-23-44(46)38-18-5-2-6-19-38)34-51(58(53)61-55)39-20-15-21-41(32-39)54-36-59-56-49-28-13-11-26-47(49)48-27-12-14-29-50(48)57(56)60-54/h1-36H. The third-order valence-corrected chi connectivity index (χ3v) is 13.3. The fraction of sp³-hybridized carbons (Fsp3) is 0. The van der Waals surface area contributed by atoms with Gasteiger partial charge in [0.25, 0.3) is 0 Å². The molecule has 0 amide bonds. The first-order valence-corrected chi connectivity index (χ1v) is 21.5. The SMILES string of the molecule is c1ccc(-c2ccccc2-c2ccc3sc4c(-c5cccc(-c6cnc7c8ccccc8c8ccccc8c7n6)c5)cc(-c5ccccc5-c5ccccc5)cc4c3c2)cc1. The number of fused-ring (bicyclic) bond motifs is 9. The van der Waals surface area contributed by atoms with E-state index in [1.54, 1.807) is 0 Å². The number of nitrogens with zero attached hydrogens (tertiary/aromatic N) is 2. The Morgan fingerprint density at radius 2 is 0.787 bits per heavy atom. The molecular weight excluding hydrogens is 757 g/mol. The van der Waals surface area contributed by atoms with Crippen LogP contribution in [0, 0.1) is 0 Å². The lowest BCUT2D eigenvalue weighted by molar-refractivity contribution is 1.31. The number of aromatic nitrogens is 2. The first-order valence-electron chi connectivity index (χ1n) is 20.7. The Balaban J connectivity index is 1.07. The molecule has 0 aliphatic carbocycles. The normalized spacial score (nSPS) is 11.6. The van der Waals surface area contributed by atoms with Crippen LogP contribution in [0.4, 0.5) is 0 Å². The van der Waals surface area contributed by atoms with Gasteiger partial charge in [0.05, 0.1) is 22.9 Å². The van der Waals surface area contributed by atoms with E-state index in [0.29, 0.717) is 0 Å². The average Bonchev–Trinajstić information content (AvgIpc) is 3.72. The summed E-state index contributed by atoms with van der Waals surface area (Å²) in [6, 6.07) is 76.8. The highest BCUT2D eigenvalue weighted by Gasteiger charge is 2.19. The van der Waals surface area contributed by atoms with Crippen LogP contribution in [0.25, 0.3) is 120 Å². The topological polar surface area (TPSA) is 25.8 Å². The molecule has 3 heteroatoms. The van der Waals surface area contributed by atoms with E-state index in [0.717, 1.165) is 38.6 Å². The zero-order valence-electron chi connectivity index (χ0n) is 33.1. The maximum absolute atomic E-state index is 5.37. The van der Waals surface area contributed by atoms with Crippen molar-refractivity contribution in [2.75, 3.05) is 0 Å². The molecule has 0 fully saturated rings. The molecule has 12 rings (SSSR count). The summed E-state index contributed by atoms with van der Waals surface area (Å²) in [5.74, 6) is 0. The van der Waals surface area contributed by atoms with Gasteiger partial charge in [0.2, 0.25) is 0 Å². The molecule has 0 unspecified atom stereocenters. The monoisotopic (exact) mass is 792 g/mol. The zero-order chi connectivity index (χ0) is 40.3. The first kappa shape index (κ1) is 35.2. The summed E-state index contributed by atoms with van der Waals surface area (Å²) < 4.78 is 2.53. The minimum absolute atomic E-state index is 0.856. The van der Waals surface area contributed by atoms with Crippen LogP contribution < -0.4 is 0 Å². The lowest BCUT2D eigenvalue weighted by Crippen LogP contribution is -1.92. The predicted octanol–water partition coefficient (Wildman–Crippen LogP) is 16.3. The molecule has 10 aromatic carbocycles. The molecule has 61 heavy (non-hydrogen) atoms. The Morgan fingerprint density at radius 3 is 1.44 bits per heavy atom. The van der Waals surface area contributed by atoms with Gasteiger partial charge in [0, 0.05) is 42.1 Å². The average molecular weight is 793 g/mol. The van der Waals surface area contributed by atoms with Crippen LogP contribution in [0.2, 0.25) is 0 Å². The third-order valence-electron chi connectivity index (χ3n) is 12.1. The molecule has 0 saturated heterocycles. The zero-order valence-corrected chi connectivity index (χ0v) is 33.9. The Kier molecular flexibility index (Phi) is 8.39. The van der Waals surface area contributed by atoms with Crippen LogP contribution in [0.15, 0.2) is 219 Å². The molecule has 12 aromatic rings. The molecule has 0 spiro atoms. The highest BCUT2D eigenvalue weighted by molar-refractivity contribution is 7.26. The van der Waals surface area contributed by atoms with Crippen molar-refractivity contribution in [3.05, 3.63) is 219 Å². The van der Waals surface area contributed by atoms with Crippen molar-refractivity contribution in [1.29, 1.82) is 0 Å². The Bertz CT molecular complexity index is 3610. The summed E-state index contributed by atoms with van der Waals surface area (Å²) in [5.41, 5.74) is 15.8. The number of thiophene rings is 1. The maximum Gasteiger partial charge on any atom is 0.0979 e. The predicted molar refractivity (Wildman–Crippen MR) is 260 cm³/mol. The van der Waals surface area contributed by atoms with Crippen LogP contribution in [0.5, 0.6) is 0 Å². The Hall–Kier alpha value is -7.72. The van der Waals surface area contributed by atoms with E-state index < -0.39 is 0 Å². The van der Waals surface area contributed by atoms with Gasteiger partial charge in [-0.05, 0) is 91.2 Å². The summed E-state index contributed by atoms with van der Waals surface area (Å²) >= 11 is 1.87. The maximum atomic E-state index is 5.37. The molecule has 0 N–H and O–H groups in total. The van der Waals surface area contributed by atoms with Gasteiger partial charge in [-0.15, -0.1) is 11.3 Å². The molecule has 0 bridgehead atoms. The molecule has 2 nitrogen and oxygen atoms in total. The van der Waals surface area contributed by atoms with Crippen molar-refractivity contribution >= 4 is 64.1 Å². The summed E-state index contributed by atoms with van der Waals surface area (Å²) in [6.45, 7) is 0. The van der Waals surface area contributed by atoms with E-state index in [-0.39, 0.29) is 0 Å². The smallest absolute Gasteiger partial charge is 0.0979 e. The molecule has 0 saturated carbocycles. The summed E-state index contributed by atoms with van der Waals surface area (Å²) in [4.78, 5) is 10.5. The molecule has 0 atom stereocenters. The second-order valence-electron chi connectivity index (χ2n) is 15.7. The van der Waals surface area contributed by atoms with Gasteiger partial charge < -0.3 is 0 Å². The minimum atomic E-state index is 0.856. The molecule has 0 aliphatic heterocycles. The largest absolute Gasteiger partial charge is 0.252 e. The number of hydrogen-bond acceptors (Lipinski definition) is 3. The number of rotatable bonds is 6. The minimum Gasteiger partial charge on any atom is -0.252 e. The van der Waals surface area contributed by atoms with Crippen LogP contribution in [0.1, 0.15) is 0 Å². The first-order chi connectivity index (χ1) is 30.2. The molecule has 284 valence electrons. The van der Waals surface area contributed by atoms with Crippen molar-refractivity contribution < 1.29 is 0 Å². The van der Waals surface area contributed by atoms with Crippen molar-refractivity contribution in [2.45, 2.75) is 0 Å². The van der Waals surface area contributed by atoms with Gasteiger partial charge in [0.15, 0.2) is 0 Å². The Labute approximate surface area is 357 Å². The fourth-order valence-corrected chi connectivity index (χ4v) is 10.4. The summed E-state index contributed by atoms with van der Waals surface area (Å²) in [7, 11) is 0. The Morgan fingerprint density at radius 1 is 0.295 bits per heavy atom. The van der Waals surface area contributed by atoms with Crippen LogP contribution in [-0.2, 0) is 0 Å². The second-order valence-corrected chi connectivity index (χ2v) is 16.7. The van der Waals surface area contributed by atoms with Gasteiger partial charge in [-0.3, -0.25) is 4.98 Å². The quantitative estimate of drug-likeness (QED) is 0.157. The fourth-order valence-electron chi connectivity index (χ4n) is 9.23. The van der Waals surface area contributed by atoms with Crippen LogP contribution >= 0.6 is 11.3 Å². The highest BCUT2D eigenvalue weighted by Crippen LogP contribution is 2.46. The van der Waals surface area contributed by atoms with E-state index in [1.807, 2.05) is 17.5 Å². The van der Waals surface area contributed by atoms with Crippen LogP contribution in [0.3, 0.4) is 0 Å². The van der Waals surface area contributed by atoms with Gasteiger partial charge >= 0.3 is 0 Å². The van der Waals surface area contributed by atoms with Gasteiger partial charge in [-0.25, -0.2) is 4.98 Å². The van der Waals surface area contributed by atoms with Gasteiger partial charge in [-0.2, -0.15) is 0 Å². The van der Waals surface area contributed by atoms with E-state index in [9.17, 15) is 0 Å². The van der Waals surface area contributed by atoms with Crippen molar-refractivity contribution in [2.24, 2.45) is 0 Å². The summed E-state index contributed by atoms with van der Waals surface area (Å²) in [6.07, 6.45) is 1.94. The van der Waals surface area contributed by atoms with Crippen molar-refractivity contribution in [1.82, 2.24) is 9.97 Å². The van der Waals surface area contributed by atoms with E-state index in [2.05, 4.69) is 212 Å². The molecule has 0 radical (unpaired) electrons. The molecule has 2 heterocycles. The molecule has 2 aromatic heterocycles. The number of benzene rings is 10. The van der Waals surface area contributed by atoms with E-state index >= 15 is 0 Å². The highest BCUT2D eigenvalue weighted by atomic mass is 32.1. The summed E-state index contributed by atoms with van der Waals surface area (Å²) in [5, 5.41) is 7.14. The van der Waals surface area contributed by atoms with Gasteiger partial charge in [-0.1, -0.05) is 182 Å². The number of hydrogen-bond donors (Lipinski definition) is 0. The third kappa shape index (κ3) is 6.01. The van der Waals surface area contributed by atoms with Crippen molar-refractivity contribution in [3.63, 3.8) is 0 Å². The lowest BCUT2D eigenvalue weighted by Gasteiger charge is -2.14. The van der Waals surface area contributed by atoms with E-state index in [4.69, 9.17) is 9.97 Å². The second kappa shape index (κ2) is 14.5. The van der Waals surface area contributed by atoms with Crippen molar-refractivity contribution in [3.8, 4) is 66.9 Å². The lowest BCUT2D eigenvalue weighted by atomic mass is 9.90. The van der Waals surface area contributed by atoms with E-state index in [1.165, 1.54) is 81.0 Å².